The van der Waals surface area contributed by atoms with Gasteiger partial charge in [-0.1, -0.05) is 30.3 Å². The normalized spacial score (nSPS) is 18.5. The van der Waals surface area contributed by atoms with Crippen LogP contribution in [0.1, 0.15) is 22.8 Å². The maximum Gasteiger partial charge on any atom is 0.125 e. The fourth-order valence-electron chi connectivity index (χ4n) is 3.09. The van der Waals surface area contributed by atoms with E-state index >= 15 is 0 Å². The number of morpholine rings is 1. The van der Waals surface area contributed by atoms with E-state index in [2.05, 4.69) is 30.9 Å². The minimum atomic E-state index is -0.214. The van der Waals surface area contributed by atoms with Crippen LogP contribution in [0.4, 0.5) is 4.39 Å². The van der Waals surface area contributed by atoms with Crippen molar-refractivity contribution in [2.24, 2.45) is 0 Å². The lowest BCUT2D eigenvalue weighted by Crippen LogP contribution is -2.40. The summed E-state index contributed by atoms with van der Waals surface area (Å²) in [4.78, 5) is 2.34. The Balaban J connectivity index is 1.53. The SMILES string of the molecule is Cc1cccc(C)c1OCCN1CCOC(c2ccc(F)cc2)C1. The van der Waals surface area contributed by atoms with Crippen LogP contribution in [0.15, 0.2) is 42.5 Å². The number of halogens is 1. The molecule has 3 rings (SSSR count). The molecule has 1 aliphatic rings. The molecule has 0 aliphatic carbocycles. The lowest BCUT2D eigenvalue weighted by molar-refractivity contribution is -0.0329. The molecule has 0 bridgehead atoms. The highest BCUT2D eigenvalue weighted by Gasteiger charge is 2.21. The highest BCUT2D eigenvalue weighted by molar-refractivity contribution is 5.39. The van der Waals surface area contributed by atoms with Crippen molar-refractivity contribution < 1.29 is 13.9 Å². The quantitative estimate of drug-likeness (QED) is 0.830. The maximum absolute atomic E-state index is 13.1. The Labute approximate surface area is 143 Å². The van der Waals surface area contributed by atoms with Crippen LogP contribution < -0.4 is 4.74 Å². The molecule has 1 atom stereocenters. The van der Waals surface area contributed by atoms with Crippen LogP contribution in [-0.4, -0.2) is 37.7 Å². The number of aryl methyl sites for hydroxylation is 2. The molecule has 24 heavy (non-hydrogen) atoms. The van der Waals surface area contributed by atoms with Gasteiger partial charge >= 0.3 is 0 Å². The smallest absolute Gasteiger partial charge is 0.125 e. The first-order valence-corrected chi connectivity index (χ1v) is 8.42. The Bertz CT molecular complexity index is 652. The Morgan fingerprint density at radius 3 is 2.54 bits per heavy atom. The van der Waals surface area contributed by atoms with Crippen LogP contribution >= 0.6 is 0 Å². The van der Waals surface area contributed by atoms with Gasteiger partial charge in [-0.25, -0.2) is 4.39 Å². The zero-order valence-electron chi connectivity index (χ0n) is 14.3. The molecule has 3 nitrogen and oxygen atoms in total. The van der Waals surface area contributed by atoms with E-state index in [4.69, 9.17) is 9.47 Å². The monoisotopic (exact) mass is 329 g/mol. The molecule has 0 spiro atoms. The summed E-state index contributed by atoms with van der Waals surface area (Å²) in [6, 6.07) is 12.8. The van der Waals surface area contributed by atoms with E-state index in [-0.39, 0.29) is 11.9 Å². The van der Waals surface area contributed by atoms with Gasteiger partial charge in [-0.15, -0.1) is 0 Å². The summed E-state index contributed by atoms with van der Waals surface area (Å²) in [6.45, 7) is 8.04. The van der Waals surface area contributed by atoms with Crippen LogP contribution in [0, 0.1) is 19.7 Å². The Hall–Kier alpha value is -1.91. The van der Waals surface area contributed by atoms with E-state index < -0.39 is 0 Å². The van der Waals surface area contributed by atoms with Gasteiger partial charge < -0.3 is 9.47 Å². The molecule has 0 saturated carbocycles. The average Bonchev–Trinajstić information content (AvgIpc) is 2.58. The summed E-state index contributed by atoms with van der Waals surface area (Å²) >= 11 is 0. The fraction of sp³-hybridized carbons (Fsp3) is 0.400. The second-order valence-corrected chi connectivity index (χ2v) is 6.28. The Kier molecular flexibility index (Phi) is 5.48. The van der Waals surface area contributed by atoms with Gasteiger partial charge in [-0.3, -0.25) is 4.90 Å². The van der Waals surface area contributed by atoms with Crippen molar-refractivity contribution in [3.05, 3.63) is 65.0 Å². The Morgan fingerprint density at radius 2 is 1.83 bits per heavy atom. The van der Waals surface area contributed by atoms with Crippen molar-refractivity contribution in [2.75, 3.05) is 32.8 Å². The molecule has 1 unspecified atom stereocenters. The Morgan fingerprint density at radius 1 is 1.12 bits per heavy atom. The topological polar surface area (TPSA) is 21.7 Å². The zero-order valence-corrected chi connectivity index (χ0v) is 14.3. The van der Waals surface area contributed by atoms with Crippen molar-refractivity contribution in [3.8, 4) is 5.75 Å². The largest absolute Gasteiger partial charge is 0.492 e. The molecule has 2 aromatic carbocycles. The molecular formula is C20H24FNO2. The molecule has 4 heteroatoms. The summed E-state index contributed by atoms with van der Waals surface area (Å²) in [5, 5.41) is 0. The predicted octanol–water partition coefficient (Wildman–Crippen LogP) is 3.89. The number of ether oxygens (including phenoxy) is 2. The highest BCUT2D eigenvalue weighted by atomic mass is 19.1. The van der Waals surface area contributed by atoms with Gasteiger partial charge in [0.1, 0.15) is 18.2 Å². The van der Waals surface area contributed by atoms with Crippen molar-refractivity contribution >= 4 is 0 Å². The standard InChI is InChI=1S/C20H24FNO2/c1-15-4-3-5-16(2)20(15)24-13-11-22-10-12-23-19(14-22)17-6-8-18(21)9-7-17/h3-9,19H,10-14H2,1-2H3. The second kappa shape index (κ2) is 7.77. The third kappa shape index (κ3) is 4.13. The molecule has 2 aromatic rings. The number of benzene rings is 2. The first-order chi connectivity index (χ1) is 11.6. The summed E-state index contributed by atoms with van der Waals surface area (Å²) < 4.78 is 24.9. The molecular weight excluding hydrogens is 305 g/mol. The van der Waals surface area contributed by atoms with Crippen molar-refractivity contribution in [3.63, 3.8) is 0 Å². The number of hydrogen-bond acceptors (Lipinski definition) is 3. The summed E-state index contributed by atoms with van der Waals surface area (Å²) in [5.74, 6) is 0.772. The third-order valence-corrected chi connectivity index (χ3v) is 4.46. The van der Waals surface area contributed by atoms with Crippen molar-refractivity contribution in [1.82, 2.24) is 4.90 Å². The molecule has 1 aliphatic heterocycles. The van der Waals surface area contributed by atoms with Gasteiger partial charge in [-0.2, -0.15) is 0 Å². The fourth-order valence-corrected chi connectivity index (χ4v) is 3.09. The number of hydrogen-bond donors (Lipinski definition) is 0. The molecule has 1 saturated heterocycles. The van der Waals surface area contributed by atoms with Crippen molar-refractivity contribution in [1.29, 1.82) is 0 Å². The first kappa shape index (κ1) is 16.9. The van der Waals surface area contributed by atoms with E-state index in [1.807, 2.05) is 6.07 Å². The lowest BCUT2D eigenvalue weighted by atomic mass is 10.1. The van der Waals surface area contributed by atoms with Gasteiger partial charge in [0.25, 0.3) is 0 Å². The molecule has 128 valence electrons. The molecule has 0 aromatic heterocycles. The average molecular weight is 329 g/mol. The number of rotatable bonds is 5. The van der Waals surface area contributed by atoms with E-state index in [1.54, 1.807) is 12.1 Å². The van der Waals surface area contributed by atoms with Gasteiger partial charge in [0.2, 0.25) is 0 Å². The van der Waals surface area contributed by atoms with E-state index in [9.17, 15) is 4.39 Å². The molecule has 0 amide bonds. The van der Waals surface area contributed by atoms with Crippen LogP contribution in [0.2, 0.25) is 0 Å². The third-order valence-electron chi connectivity index (χ3n) is 4.46. The molecule has 0 N–H and O–H groups in total. The number of para-hydroxylation sites is 1. The summed E-state index contributed by atoms with van der Waals surface area (Å²) in [6.07, 6.45) is -0.000419. The van der Waals surface area contributed by atoms with E-state index in [0.717, 1.165) is 30.9 Å². The van der Waals surface area contributed by atoms with Crippen LogP contribution in [0.25, 0.3) is 0 Å². The minimum Gasteiger partial charge on any atom is -0.492 e. The van der Waals surface area contributed by atoms with Gasteiger partial charge in [0.05, 0.1) is 12.7 Å². The van der Waals surface area contributed by atoms with Crippen molar-refractivity contribution in [2.45, 2.75) is 20.0 Å². The molecule has 0 radical (unpaired) electrons. The van der Waals surface area contributed by atoms with Gasteiger partial charge in [0.15, 0.2) is 0 Å². The number of nitrogens with zero attached hydrogens (tertiary/aromatic N) is 1. The van der Waals surface area contributed by atoms with E-state index in [1.165, 1.54) is 23.3 Å². The molecule has 1 fully saturated rings. The predicted molar refractivity (Wildman–Crippen MR) is 92.9 cm³/mol. The summed E-state index contributed by atoms with van der Waals surface area (Å²) in [5.41, 5.74) is 3.36. The van der Waals surface area contributed by atoms with Crippen LogP contribution in [-0.2, 0) is 4.74 Å². The van der Waals surface area contributed by atoms with E-state index in [0.29, 0.717) is 13.2 Å². The molecule has 1 heterocycles. The van der Waals surface area contributed by atoms with Gasteiger partial charge in [-0.05, 0) is 42.7 Å². The second-order valence-electron chi connectivity index (χ2n) is 6.28. The maximum atomic E-state index is 13.1. The lowest BCUT2D eigenvalue weighted by Gasteiger charge is -2.33. The minimum absolute atomic E-state index is 0.000419. The van der Waals surface area contributed by atoms with Gasteiger partial charge in [0, 0.05) is 19.6 Å². The summed E-state index contributed by atoms with van der Waals surface area (Å²) in [7, 11) is 0. The first-order valence-electron chi connectivity index (χ1n) is 8.42. The van der Waals surface area contributed by atoms with Crippen LogP contribution in [0.3, 0.4) is 0 Å². The van der Waals surface area contributed by atoms with Crippen LogP contribution in [0.5, 0.6) is 5.75 Å². The zero-order chi connectivity index (χ0) is 16.9. The highest BCUT2D eigenvalue weighted by Crippen LogP contribution is 2.24.